The number of ether oxygens (including phenoxy) is 1. The normalized spacial score (nSPS) is 26.4. The van der Waals surface area contributed by atoms with Gasteiger partial charge < -0.3 is 9.64 Å². The average Bonchev–Trinajstić information content (AvgIpc) is 3.24. The van der Waals surface area contributed by atoms with Gasteiger partial charge in [0.05, 0.1) is 55.6 Å². The van der Waals surface area contributed by atoms with E-state index in [0.717, 1.165) is 29.3 Å². The van der Waals surface area contributed by atoms with E-state index < -0.39 is 33.9 Å². The van der Waals surface area contributed by atoms with Crippen LogP contribution in [0.1, 0.15) is 36.5 Å². The number of hydrogen-bond acceptors (Lipinski definition) is 8. The molecule has 0 aliphatic carbocycles. The molecular formula is C20H30ClN5O5S. The molecule has 1 aromatic heterocycles. The number of carbonyl (C=O) groups is 2. The molecule has 0 spiro atoms. The van der Waals surface area contributed by atoms with Crippen molar-refractivity contribution in [2.75, 3.05) is 39.1 Å². The van der Waals surface area contributed by atoms with E-state index in [0.29, 0.717) is 32.7 Å². The summed E-state index contributed by atoms with van der Waals surface area (Å²) in [7, 11) is -3.70. The Morgan fingerprint density at radius 3 is 2.44 bits per heavy atom. The summed E-state index contributed by atoms with van der Waals surface area (Å²) in [6, 6.07) is -1.00. The van der Waals surface area contributed by atoms with Gasteiger partial charge in [0.25, 0.3) is 5.91 Å². The van der Waals surface area contributed by atoms with Gasteiger partial charge in [-0.1, -0.05) is 13.8 Å². The Kier molecular flexibility index (Phi) is 7.43. The first-order valence-electron chi connectivity index (χ1n) is 10.6. The number of nitrogens with zero attached hydrogens (tertiary/aromatic N) is 5. The van der Waals surface area contributed by atoms with Crippen molar-refractivity contribution in [3.8, 4) is 0 Å². The molecule has 32 heavy (non-hydrogen) atoms. The van der Waals surface area contributed by atoms with Crippen LogP contribution < -0.4 is 0 Å². The van der Waals surface area contributed by atoms with E-state index in [2.05, 4.69) is 14.9 Å². The molecule has 0 N–H and O–H groups in total. The highest BCUT2D eigenvalue weighted by molar-refractivity contribution is 7.88. The third-order valence-electron chi connectivity index (χ3n) is 6.34. The Balaban J connectivity index is 0.00000289. The summed E-state index contributed by atoms with van der Waals surface area (Å²) < 4.78 is 30.9. The molecule has 4 rings (SSSR count). The van der Waals surface area contributed by atoms with E-state index in [-0.39, 0.29) is 29.9 Å². The van der Waals surface area contributed by atoms with Crippen LogP contribution in [-0.4, -0.2) is 95.5 Å². The van der Waals surface area contributed by atoms with Gasteiger partial charge in [0, 0.05) is 26.2 Å². The number of carbonyl (C=O) groups excluding carboxylic acids is 2. The average molecular weight is 488 g/mol. The van der Waals surface area contributed by atoms with Crippen molar-refractivity contribution in [1.29, 1.82) is 0 Å². The number of amides is 2. The van der Waals surface area contributed by atoms with Crippen LogP contribution >= 0.6 is 12.4 Å². The van der Waals surface area contributed by atoms with Gasteiger partial charge in [-0.05, 0) is 12.3 Å². The summed E-state index contributed by atoms with van der Waals surface area (Å²) in [5.41, 5.74) is 0.983. The zero-order valence-corrected chi connectivity index (χ0v) is 20.1. The first-order valence-corrected chi connectivity index (χ1v) is 12.5. The zero-order chi connectivity index (χ0) is 22.3. The van der Waals surface area contributed by atoms with Gasteiger partial charge >= 0.3 is 0 Å². The predicted molar refractivity (Wildman–Crippen MR) is 119 cm³/mol. The predicted octanol–water partition coefficient (Wildman–Crippen LogP) is 0.388. The summed E-state index contributed by atoms with van der Waals surface area (Å²) in [4.78, 5) is 38.7. The van der Waals surface area contributed by atoms with Crippen LogP contribution in [0.5, 0.6) is 0 Å². The van der Waals surface area contributed by atoms with Crippen molar-refractivity contribution >= 4 is 34.2 Å². The number of likely N-dealkylation sites (tertiary alicyclic amines) is 1. The summed E-state index contributed by atoms with van der Waals surface area (Å²) in [5.74, 6) is -1.38. The van der Waals surface area contributed by atoms with E-state index in [1.165, 1.54) is 6.20 Å². The Labute approximate surface area is 194 Å². The van der Waals surface area contributed by atoms with Crippen LogP contribution in [0.2, 0.25) is 0 Å². The van der Waals surface area contributed by atoms with Crippen LogP contribution in [0.3, 0.4) is 0 Å². The topological polar surface area (TPSA) is 113 Å². The second kappa shape index (κ2) is 9.58. The molecule has 0 saturated carbocycles. The lowest BCUT2D eigenvalue weighted by Gasteiger charge is -2.29. The molecule has 10 nitrogen and oxygen atoms in total. The van der Waals surface area contributed by atoms with Crippen molar-refractivity contribution in [2.45, 2.75) is 38.9 Å². The van der Waals surface area contributed by atoms with E-state index in [1.807, 2.05) is 13.8 Å². The number of sulfonamides is 1. The highest BCUT2D eigenvalue weighted by Gasteiger charge is 2.58. The number of aromatic nitrogens is 2. The number of fused-ring (bicyclic) bond motifs is 1. The van der Waals surface area contributed by atoms with Gasteiger partial charge in [-0.15, -0.1) is 12.4 Å². The Hall–Kier alpha value is -1.82. The van der Waals surface area contributed by atoms with Crippen molar-refractivity contribution in [2.24, 2.45) is 11.8 Å². The van der Waals surface area contributed by atoms with Crippen LogP contribution in [0.4, 0.5) is 0 Å². The molecule has 3 saturated heterocycles. The van der Waals surface area contributed by atoms with Gasteiger partial charge in [-0.2, -0.15) is 0 Å². The lowest BCUT2D eigenvalue weighted by molar-refractivity contribution is -0.129. The first-order chi connectivity index (χ1) is 14.7. The van der Waals surface area contributed by atoms with Gasteiger partial charge in [-0.25, -0.2) is 17.7 Å². The van der Waals surface area contributed by atoms with E-state index in [9.17, 15) is 18.0 Å². The highest BCUT2D eigenvalue weighted by atomic mass is 35.5. The van der Waals surface area contributed by atoms with Gasteiger partial charge in [0.15, 0.2) is 0 Å². The van der Waals surface area contributed by atoms with Gasteiger partial charge in [-0.3, -0.25) is 19.5 Å². The Morgan fingerprint density at radius 2 is 1.88 bits per heavy atom. The highest BCUT2D eigenvalue weighted by Crippen LogP contribution is 2.41. The second-order valence-corrected chi connectivity index (χ2v) is 10.7. The largest absolute Gasteiger partial charge is 0.379 e. The Morgan fingerprint density at radius 1 is 1.19 bits per heavy atom. The number of hydrogen-bond donors (Lipinski definition) is 0. The molecule has 3 aliphatic rings. The fraction of sp³-hybridized carbons (Fsp3) is 0.700. The molecule has 3 fully saturated rings. The molecule has 3 aliphatic heterocycles. The molecule has 2 amide bonds. The molecule has 1 aromatic rings. The van der Waals surface area contributed by atoms with E-state index in [4.69, 9.17) is 4.74 Å². The lowest BCUT2D eigenvalue weighted by Crippen LogP contribution is -2.44. The molecule has 12 heteroatoms. The maximum Gasteiger partial charge on any atom is 0.274 e. The summed E-state index contributed by atoms with van der Waals surface area (Å²) in [5, 5.41) is 0. The summed E-state index contributed by atoms with van der Waals surface area (Å²) in [6.45, 7) is 7.85. The molecule has 178 valence electrons. The minimum absolute atomic E-state index is 0. The summed E-state index contributed by atoms with van der Waals surface area (Å²) in [6.07, 6.45) is 4.56. The number of morpholine rings is 1. The fourth-order valence-electron chi connectivity index (χ4n) is 4.95. The summed E-state index contributed by atoms with van der Waals surface area (Å²) >= 11 is 0. The smallest absolute Gasteiger partial charge is 0.274 e. The minimum Gasteiger partial charge on any atom is -0.379 e. The molecule has 3 atom stereocenters. The van der Waals surface area contributed by atoms with Gasteiger partial charge in [0.1, 0.15) is 5.69 Å². The van der Waals surface area contributed by atoms with Crippen LogP contribution in [0.15, 0.2) is 12.4 Å². The SMILES string of the molecule is CC(C)[C@H]1C(=O)N(S(C)(=O)=O)[C@H]2CCN(C(=O)c3cnc(CN4CCOCC4)cn3)[C@H]12.Cl. The number of rotatable bonds is 5. The lowest BCUT2D eigenvalue weighted by atomic mass is 9.88. The fourth-order valence-corrected chi connectivity index (χ4v) is 6.12. The monoisotopic (exact) mass is 487 g/mol. The number of halogens is 1. The van der Waals surface area contributed by atoms with Crippen molar-refractivity contribution < 1.29 is 22.7 Å². The Bertz CT molecular complexity index is 952. The maximum atomic E-state index is 13.2. The molecule has 0 aromatic carbocycles. The van der Waals surface area contributed by atoms with Crippen LogP contribution in [-0.2, 0) is 26.1 Å². The van der Waals surface area contributed by atoms with Crippen LogP contribution in [0.25, 0.3) is 0 Å². The third-order valence-corrected chi connectivity index (χ3v) is 7.51. The van der Waals surface area contributed by atoms with Crippen LogP contribution in [0, 0.1) is 11.8 Å². The van der Waals surface area contributed by atoms with E-state index in [1.54, 1.807) is 11.1 Å². The first kappa shape index (κ1) is 24.8. The quantitative estimate of drug-likeness (QED) is 0.586. The van der Waals surface area contributed by atoms with Crippen molar-refractivity contribution in [1.82, 2.24) is 24.1 Å². The molecule has 0 unspecified atom stereocenters. The van der Waals surface area contributed by atoms with Crippen molar-refractivity contribution in [3.63, 3.8) is 0 Å². The van der Waals surface area contributed by atoms with Crippen molar-refractivity contribution in [3.05, 3.63) is 23.8 Å². The molecule has 4 heterocycles. The standard InChI is InChI=1S/C20H29N5O5S.ClH/c1-13(2)17-18-16(25(20(17)27)31(3,28)29)4-5-24(18)19(26)15-11-21-14(10-22-15)12-23-6-8-30-9-7-23;/h10-11,13,16-18H,4-9,12H2,1-3H3;1H/t16-,17+,18-;/m0./s1. The minimum atomic E-state index is -3.70. The van der Waals surface area contributed by atoms with E-state index >= 15 is 0 Å². The third kappa shape index (κ3) is 4.61. The second-order valence-electron chi connectivity index (χ2n) is 8.79. The zero-order valence-electron chi connectivity index (χ0n) is 18.5. The molecule has 0 bridgehead atoms. The van der Waals surface area contributed by atoms with Gasteiger partial charge in [0.2, 0.25) is 15.9 Å². The molecule has 0 radical (unpaired) electrons. The maximum absolute atomic E-state index is 13.2. The molecular weight excluding hydrogens is 458 g/mol.